The van der Waals surface area contributed by atoms with Crippen molar-refractivity contribution in [3.8, 4) is 0 Å². The van der Waals surface area contributed by atoms with Crippen LogP contribution in [0.2, 0.25) is 0 Å². The summed E-state index contributed by atoms with van der Waals surface area (Å²) in [5.74, 6) is -0.108. The number of rotatable bonds is 4. The van der Waals surface area contributed by atoms with Gasteiger partial charge in [0.25, 0.3) is 5.91 Å². The monoisotopic (exact) mass is 263 g/mol. The minimum atomic E-state index is -0.108. The minimum absolute atomic E-state index is 0.108. The first-order valence-corrected chi connectivity index (χ1v) is 6.70. The number of hydrogen-bond donors (Lipinski definition) is 1. The molecule has 1 aliphatic heterocycles. The fraction of sp³-hybridized carbons (Fsp3) is 0.571. The van der Waals surface area contributed by atoms with Crippen LogP contribution in [0.15, 0.2) is 18.2 Å². The molecule has 0 bridgehead atoms. The highest BCUT2D eigenvalue weighted by Crippen LogP contribution is 2.03. The Morgan fingerprint density at radius 2 is 2.21 bits per heavy atom. The van der Waals surface area contributed by atoms with Crippen LogP contribution in [-0.2, 0) is 4.74 Å². The van der Waals surface area contributed by atoms with Gasteiger partial charge in [0.15, 0.2) is 0 Å². The highest BCUT2D eigenvalue weighted by atomic mass is 16.5. The number of morpholine rings is 1. The Morgan fingerprint density at radius 3 is 2.89 bits per heavy atom. The molecular formula is C14H21N3O2. The number of carbonyl (C=O) groups excluding carboxylic acids is 1. The number of pyridine rings is 1. The van der Waals surface area contributed by atoms with Crippen LogP contribution in [-0.4, -0.2) is 54.7 Å². The van der Waals surface area contributed by atoms with Gasteiger partial charge in [0, 0.05) is 31.4 Å². The van der Waals surface area contributed by atoms with Gasteiger partial charge in [0.05, 0.1) is 13.2 Å². The Bertz CT molecular complexity index is 430. The molecule has 2 rings (SSSR count). The van der Waals surface area contributed by atoms with Crippen LogP contribution < -0.4 is 5.32 Å². The number of carbonyl (C=O) groups is 1. The SMILES string of the molecule is Cc1cccc(C(=O)NC[C@H](C)N2CCOCC2)n1. The zero-order valence-electron chi connectivity index (χ0n) is 11.6. The van der Waals surface area contributed by atoms with E-state index in [0.717, 1.165) is 32.0 Å². The average molecular weight is 263 g/mol. The molecule has 5 heteroatoms. The number of aryl methyl sites for hydroxylation is 1. The van der Waals surface area contributed by atoms with Crippen LogP contribution in [0.4, 0.5) is 0 Å². The van der Waals surface area contributed by atoms with Gasteiger partial charge in [0.2, 0.25) is 0 Å². The lowest BCUT2D eigenvalue weighted by Crippen LogP contribution is -2.47. The molecule has 0 saturated carbocycles. The third-order valence-electron chi connectivity index (χ3n) is 3.35. The van der Waals surface area contributed by atoms with E-state index < -0.39 is 0 Å². The topological polar surface area (TPSA) is 54.5 Å². The first-order valence-electron chi connectivity index (χ1n) is 6.70. The molecule has 1 saturated heterocycles. The highest BCUT2D eigenvalue weighted by Gasteiger charge is 2.17. The lowest BCUT2D eigenvalue weighted by Gasteiger charge is -2.32. The number of hydrogen-bond acceptors (Lipinski definition) is 4. The smallest absolute Gasteiger partial charge is 0.269 e. The summed E-state index contributed by atoms with van der Waals surface area (Å²) in [7, 11) is 0. The third kappa shape index (κ3) is 4.01. The van der Waals surface area contributed by atoms with Crippen molar-refractivity contribution in [3.05, 3.63) is 29.6 Å². The van der Waals surface area contributed by atoms with E-state index in [1.807, 2.05) is 19.1 Å². The fourth-order valence-corrected chi connectivity index (χ4v) is 2.15. The first kappa shape index (κ1) is 14.0. The molecule has 0 radical (unpaired) electrons. The Labute approximate surface area is 114 Å². The molecule has 2 heterocycles. The largest absolute Gasteiger partial charge is 0.379 e. The maximum absolute atomic E-state index is 12.0. The molecule has 1 aromatic heterocycles. The summed E-state index contributed by atoms with van der Waals surface area (Å²) in [5, 5.41) is 2.94. The second-order valence-electron chi connectivity index (χ2n) is 4.87. The van der Waals surface area contributed by atoms with Crippen molar-refractivity contribution in [2.45, 2.75) is 19.9 Å². The van der Waals surface area contributed by atoms with E-state index in [0.29, 0.717) is 18.3 Å². The normalized spacial score (nSPS) is 18.0. The van der Waals surface area contributed by atoms with Gasteiger partial charge in [-0.1, -0.05) is 6.07 Å². The van der Waals surface area contributed by atoms with Gasteiger partial charge < -0.3 is 10.1 Å². The van der Waals surface area contributed by atoms with Gasteiger partial charge >= 0.3 is 0 Å². The van der Waals surface area contributed by atoms with Crippen molar-refractivity contribution in [1.82, 2.24) is 15.2 Å². The van der Waals surface area contributed by atoms with E-state index in [4.69, 9.17) is 4.74 Å². The number of nitrogens with zero attached hydrogens (tertiary/aromatic N) is 2. The van der Waals surface area contributed by atoms with Crippen LogP contribution in [0.25, 0.3) is 0 Å². The minimum Gasteiger partial charge on any atom is -0.379 e. The van der Waals surface area contributed by atoms with Crippen molar-refractivity contribution < 1.29 is 9.53 Å². The summed E-state index contributed by atoms with van der Waals surface area (Å²) in [5.41, 5.74) is 1.34. The van der Waals surface area contributed by atoms with Crippen LogP contribution in [0, 0.1) is 6.92 Å². The van der Waals surface area contributed by atoms with E-state index in [1.54, 1.807) is 6.07 Å². The van der Waals surface area contributed by atoms with Crippen molar-refractivity contribution >= 4 is 5.91 Å². The van der Waals surface area contributed by atoms with E-state index in [1.165, 1.54) is 0 Å². The molecule has 1 aromatic rings. The molecule has 0 unspecified atom stereocenters. The molecule has 0 aromatic carbocycles. The average Bonchev–Trinajstić information content (AvgIpc) is 2.45. The van der Waals surface area contributed by atoms with E-state index in [9.17, 15) is 4.79 Å². The lowest BCUT2D eigenvalue weighted by atomic mass is 10.2. The molecule has 0 spiro atoms. The van der Waals surface area contributed by atoms with Gasteiger partial charge in [-0.3, -0.25) is 9.69 Å². The van der Waals surface area contributed by atoms with Crippen LogP contribution >= 0.6 is 0 Å². The quantitative estimate of drug-likeness (QED) is 0.874. The molecule has 19 heavy (non-hydrogen) atoms. The van der Waals surface area contributed by atoms with Crippen molar-refractivity contribution in [2.24, 2.45) is 0 Å². The van der Waals surface area contributed by atoms with Crippen molar-refractivity contribution in [3.63, 3.8) is 0 Å². The molecule has 1 amide bonds. The van der Waals surface area contributed by atoms with E-state index >= 15 is 0 Å². The van der Waals surface area contributed by atoms with Gasteiger partial charge in [-0.15, -0.1) is 0 Å². The molecule has 1 aliphatic rings. The molecular weight excluding hydrogens is 242 g/mol. The Hall–Kier alpha value is -1.46. The van der Waals surface area contributed by atoms with E-state index in [-0.39, 0.29) is 5.91 Å². The number of ether oxygens (including phenoxy) is 1. The standard InChI is InChI=1S/C14H21N3O2/c1-11-4-3-5-13(16-11)14(18)15-10-12(2)17-6-8-19-9-7-17/h3-5,12H,6-10H2,1-2H3,(H,15,18)/t12-/m0/s1. The van der Waals surface area contributed by atoms with Gasteiger partial charge in [-0.25, -0.2) is 4.98 Å². The van der Waals surface area contributed by atoms with Crippen molar-refractivity contribution in [2.75, 3.05) is 32.8 Å². The molecule has 104 valence electrons. The Balaban J connectivity index is 1.82. The Morgan fingerprint density at radius 1 is 1.47 bits per heavy atom. The number of nitrogens with one attached hydrogen (secondary N) is 1. The molecule has 1 atom stereocenters. The van der Waals surface area contributed by atoms with Gasteiger partial charge in [0.1, 0.15) is 5.69 Å². The second kappa shape index (κ2) is 6.63. The fourth-order valence-electron chi connectivity index (χ4n) is 2.15. The zero-order chi connectivity index (χ0) is 13.7. The van der Waals surface area contributed by atoms with Crippen LogP contribution in [0.1, 0.15) is 23.1 Å². The summed E-state index contributed by atoms with van der Waals surface area (Å²) < 4.78 is 5.32. The maximum Gasteiger partial charge on any atom is 0.269 e. The lowest BCUT2D eigenvalue weighted by molar-refractivity contribution is 0.0204. The second-order valence-corrected chi connectivity index (χ2v) is 4.87. The molecule has 1 fully saturated rings. The number of aromatic nitrogens is 1. The van der Waals surface area contributed by atoms with Gasteiger partial charge in [-0.2, -0.15) is 0 Å². The van der Waals surface area contributed by atoms with Gasteiger partial charge in [-0.05, 0) is 26.0 Å². The van der Waals surface area contributed by atoms with Crippen molar-refractivity contribution in [1.29, 1.82) is 0 Å². The molecule has 0 aliphatic carbocycles. The highest BCUT2D eigenvalue weighted by molar-refractivity contribution is 5.92. The van der Waals surface area contributed by atoms with Crippen LogP contribution in [0.3, 0.4) is 0 Å². The molecule has 1 N–H and O–H groups in total. The molecule has 5 nitrogen and oxygen atoms in total. The first-order chi connectivity index (χ1) is 9.16. The Kier molecular flexibility index (Phi) is 4.87. The van der Waals surface area contributed by atoms with Crippen LogP contribution in [0.5, 0.6) is 0 Å². The third-order valence-corrected chi connectivity index (χ3v) is 3.35. The zero-order valence-corrected chi connectivity index (χ0v) is 11.6. The summed E-state index contributed by atoms with van der Waals surface area (Å²) in [4.78, 5) is 18.5. The predicted molar refractivity (Wildman–Crippen MR) is 73.2 cm³/mol. The summed E-state index contributed by atoms with van der Waals surface area (Å²) in [6, 6.07) is 5.79. The summed E-state index contributed by atoms with van der Waals surface area (Å²) in [6.07, 6.45) is 0. The maximum atomic E-state index is 12.0. The summed E-state index contributed by atoms with van der Waals surface area (Å²) in [6.45, 7) is 8.05. The predicted octanol–water partition coefficient (Wildman–Crippen LogP) is 0.841. The van der Waals surface area contributed by atoms with E-state index in [2.05, 4.69) is 22.1 Å². The summed E-state index contributed by atoms with van der Waals surface area (Å²) >= 11 is 0. The number of amides is 1.